The molecule has 1 aromatic carbocycles. The molecule has 0 aliphatic rings. The minimum atomic E-state index is -0.370. The predicted molar refractivity (Wildman–Crippen MR) is 70.4 cm³/mol. The van der Waals surface area contributed by atoms with Gasteiger partial charge < -0.3 is 16.8 Å². The van der Waals surface area contributed by atoms with Crippen LogP contribution < -0.4 is 16.8 Å². The zero-order chi connectivity index (χ0) is 12.4. The summed E-state index contributed by atoms with van der Waals surface area (Å²) in [5.74, 6) is 0.282. The SMILES string of the molecule is Nc1ccc(Nc2cc(Br)ccc2F)nc1N. The van der Waals surface area contributed by atoms with Crippen LogP contribution in [0.2, 0.25) is 0 Å². The summed E-state index contributed by atoms with van der Waals surface area (Å²) in [5, 5.41) is 2.83. The van der Waals surface area contributed by atoms with E-state index in [1.165, 1.54) is 6.07 Å². The van der Waals surface area contributed by atoms with Gasteiger partial charge in [0.05, 0.1) is 11.4 Å². The zero-order valence-electron chi connectivity index (χ0n) is 8.74. The van der Waals surface area contributed by atoms with Crippen molar-refractivity contribution in [2.45, 2.75) is 0 Å². The molecular weight excluding hydrogens is 287 g/mol. The van der Waals surface area contributed by atoms with Crippen molar-refractivity contribution in [1.29, 1.82) is 0 Å². The first-order chi connectivity index (χ1) is 8.06. The Bertz CT molecular complexity index is 559. The van der Waals surface area contributed by atoms with Gasteiger partial charge in [0.2, 0.25) is 0 Å². The molecule has 88 valence electrons. The lowest BCUT2D eigenvalue weighted by atomic mass is 10.3. The van der Waals surface area contributed by atoms with Crippen molar-refractivity contribution >= 4 is 38.9 Å². The van der Waals surface area contributed by atoms with E-state index in [-0.39, 0.29) is 11.6 Å². The van der Waals surface area contributed by atoms with Gasteiger partial charge in [0.1, 0.15) is 17.5 Å². The highest BCUT2D eigenvalue weighted by Gasteiger charge is 2.05. The maximum absolute atomic E-state index is 13.5. The maximum Gasteiger partial charge on any atom is 0.149 e. The van der Waals surface area contributed by atoms with Crippen LogP contribution in [0.5, 0.6) is 0 Å². The monoisotopic (exact) mass is 296 g/mol. The summed E-state index contributed by atoms with van der Waals surface area (Å²) in [6.07, 6.45) is 0. The third kappa shape index (κ3) is 2.65. The summed E-state index contributed by atoms with van der Waals surface area (Å²) in [5.41, 5.74) is 11.8. The molecule has 0 radical (unpaired) electrons. The second-order valence-electron chi connectivity index (χ2n) is 3.42. The van der Waals surface area contributed by atoms with Crippen LogP contribution >= 0.6 is 15.9 Å². The van der Waals surface area contributed by atoms with Gasteiger partial charge in [-0.1, -0.05) is 15.9 Å². The smallest absolute Gasteiger partial charge is 0.149 e. The average molecular weight is 297 g/mol. The number of nitrogens with two attached hydrogens (primary N) is 2. The number of nitrogens with one attached hydrogen (secondary N) is 1. The largest absolute Gasteiger partial charge is 0.396 e. The highest BCUT2D eigenvalue weighted by Crippen LogP contribution is 2.24. The number of rotatable bonds is 2. The minimum absolute atomic E-state index is 0.213. The summed E-state index contributed by atoms with van der Waals surface area (Å²) in [4.78, 5) is 4.00. The normalized spacial score (nSPS) is 10.2. The van der Waals surface area contributed by atoms with E-state index >= 15 is 0 Å². The number of pyridine rings is 1. The molecule has 0 unspecified atom stereocenters. The highest BCUT2D eigenvalue weighted by molar-refractivity contribution is 9.10. The molecule has 0 fully saturated rings. The summed E-state index contributed by atoms with van der Waals surface area (Å²) in [7, 11) is 0. The lowest BCUT2D eigenvalue weighted by molar-refractivity contribution is 0.631. The molecule has 0 spiro atoms. The zero-order valence-corrected chi connectivity index (χ0v) is 10.3. The van der Waals surface area contributed by atoms with Gasteiger partial charge in [-0.15, -0.1) is 0 Å². The number of nitrogens with zero attached hydrogens (tertiary/aromatic N) is 1. The quantitative estimate of drug-likeness (QED) is 0.796. The Balaban J connectivity index is 2.31. The van der Waals surface area contributed by atoms with Crippen LogP contribution in [0.25, 0.3) is 0 Å². The third-order valence-electron chi connectivity index (χ3n) is 2.15. The number of hydrogen-bond acceptors (Lipinski definition) is 4. The van der Waals surface area contributed by atoms with Gasteiger partial charge in [-0.2, -0.15) is 0 Å². The summed E-state index contributed by atoms with van der Waals surface area (Å²) in [6, 6.07) is 7.83. The molecule has 17 heavy (non-hydrogen) atoms. The molecule has 0 atom stereocenters. The number of anilines is 4. The summed E-state index contributed by atoms with van der Waals surface area (Å²) >= 11 is 3.26. The fraction of sp³-hybridized carbons (Fsp3) is 0. The minimum Gasteiger partial charge on any atom is -0.396 e. The van der Waals surface area contributed by atoms with Crippen LogP contribution in [-0.2, 0) is 0 Å². The van der Waals surface area contributed by atoms with Crippen molar-refractivity contribution in [3.63, 3.8) is 0 Å². The van der Waals surface area contributed by atoms with Gasteiger partial charge in [-0.3, -0.25) is 0 Å². The lowest BCUT2D eigenvalue weighted by Gasteiger charge is -2.08. The Labute approximate surface area is 106 Å². The molecule has 6 heteroatoms. The summed E-state index contributed by atoms with van der Waals surface area (Å²) in [6.45, 7) is 0. The fourth-order valence-electron chi connectivity index (χ4n) is 1.29. The van der Waals surface area contributed by atoms with Crippen LogP contribution in [0.3, 0.4) is 0 Å². The standard InChI is InChI=1S/C11H10BrFN4/c12-6-1-2-7(13)9(5-6)16-10-4-3-8(14)11(15)17-10/h1-5H,14H2,(H3,15,16,17). The van der Waals surface area contributed by atoms with E-state index in [9.17, 15) is 4.39 Å². The molecule has 1 aromatic heterocycles. The fourth-order valence-corrected chi connectivity index (χ4v) is 1.65. The topological polar surface area (TPSA) is 77.0 Å². The first-order valence-corrected chi connectivity index (χ1v) is 5.59. The van der Waals surface area contributed by atoms with Crippen LogP contribution in [0.4, 0.5) is 27.4 Å². The number of nitrogen functional groups attached to an aromatic ring is 2. The van der Waals surface area contributed by atoms with Crippen molar-refractivity contribution in [2.24, 2.45) is 0 Å². The first kappa shape index (κ1) is 11.7. The van der Waals surface area contributed by atoms with Crippen LogP contribution in [0.1, 0.15) is 0 Å². The van der Waals surface area contributed by atoms with E-state index in [4.69, 9.17) is 11.5 Å². The molecule has 0 saturated carbocycles. The number of hydrogen-bond donors (Lipinski definition) is 3. The van der Waals surface area contributed by atoms with Gasteiger partial charge in [0.25, 0.3) is 0 Å². The Morgan fingerprint density at radius 3 is 2.65 bits per heavy atom. The number of halogens is 2. The average Bonchev–Trinajstić information content (AvgIpc) is 2.29. The van der Waals surface area contributed by atoms with Crippen LogP contribution in [0, 0.1) is 5.82 Å². The van der Waals surface area contributed by atoms with Crippen LogP contribution in [0.15, 0.2) is 34.8 Å². The molecule has 0 aliphatic heterocycles. The second-order valence-corrected chi connectivity index (χ2v) is 4.34. The van der Waals surface area contributed by atoms with Crippen molar-refractivity contribution < 1.29 is 4.39 Å². The first-order valence-electron chi connectivity index (χ1n) is 4.80. The second kappa shape index (κ2) is 4.58. The lowest BCUT2D eigenvalue weighted by Crippen LogP contribution is -2.02. The maximum atomic E-state index is 13.5. The molecule has 4 nitrogen and oxygen atoms in total. The van der Waals surface area contributed by atoms with E-state index in [0.29, 0.717) is 17.2 Å². The number of benzene rings is 1. The molecule has 1 heterocycles. The van der Waals surface area contributed by atoms with E-state index in [0.717, 1.165) is 4.47 Å². The molecule has 5 N–H and O–H groups in total. The molecule has 0 aliphatic carbocycles. The highest BCUT2D eigenvalue weighted by atomic mass is 79.9. The molecule has 0 bridgehead atoms. The van der Waals surface area contributed by atoms with E-state index < -0.39 is 0 Å². The van der Waals surface area contributed by atoms with Crippen molar-refractivity contribution in [3.05, 3.63) is 40.6 Å². The van der Waals surface area contributed by atoms with Gasteiger partial charge in [0, 0.05) is 4.47 Å². The molecule has 2 rings (SSSR count). The Kier molecular flexibility index (Phi) is 3.14. The van der Waals surface area contributed by atoms with Gasteiger partial charge >= 0.3 is 0 Å². The van der Waals surface area contributed by atoms with Crippen molar-refractivity contribution in [1.82, 2.24) is 4.98 Å². The van der Waals surface area contributed by atoms with Crippen molar-refractivity contribution in [3.8, 4) is 0 Å². The predicted octanol–water partition coefficient (Wildman–Crippen LogP) is 2.89. The molecule has 0 amide bonds. The Morgan fingerprint density at radius 2 is 1.94 bits per heavy atom. The van der Waals surface area contributed by atoms with Gasteiger partial charge in [-0.05, 0) is 30.3 Å². The molecule has 2 aromatic rings. The Hall–Kier alpha value is -1.82. The van der Waals surface area contributed by atoms with Gasteiger partial charge in [0.15, 0.2) is 0 Å². The van der Waals surface area contributed by atoms with E-state index in [1.807, 2.05) is 0 Å². The van der Waals surface area contributed by atoms with E-state index in [1.54, 1.807) is 24.3 Å². The molecular formula is C11H10BrFN4. The third-order valence-corrected chi connectivity index (χ3v) is 2.64. The van der Waals surface area contributed by atoms with Crippen molar-refractivity contribution in [2.75, 3.05) is 16.8 Å². The van der Waals surface area contributed by atoms with E-state index in [2.05, 4.69) is 26.2 Å². The Morgan fingerprint density at radius 1 is 1.18 bits per heavy atom. The van der Waals surface area contributed by atoms with Gasteiger partial charge in [-0.25, -0.2) is 9.37 Å². The summed E-state index contributed by atoms with van der Waals surface area (Å²) < 4.78 is 14.2. The molecule has 0 saturated heterocycles. The number of aromatic nitrogens is 1. The van der Waals surface area contributed by atoms with Crippen LogP contribution in [-0.4, -0.2) is 4.98 Å².